The van der Waals surface area contributed by atoms with Crippen LogP contribution in [0.15, 0.2) is 22.7 Å². The quantitative estimate of drug-likeness (QED) is 0.453. The lowest BCUT2D eigenvalue weighted by Gasteiger charge is -2.17. The van der Waals surface area contributed by atoms with Crippen LogP contribution in [0, 0.1) is 5.82 Å². The summed E-state index contributed by atoms with van der Waals surface area (Å²) in [6, 6.07) is 5.40. The molecule has 0 saturated carbocycles. The van der Waals surface area contributed by atoms with Crippen molar-refractivity contribution in [2.24, 2.45) is 0 Å². The molecule has 0 aromatic heterocycles. The normalized spacial score (nSPS) is 12.6. The van der Waals surface area contributed by atoms with Gasteiger partial charge in [-0.15, -0.1) is 0 Å². The minimum absolute atomic E-state index is 0.171. The molecule has 1 aromatic carbocycles. The first kappa shape index (κ1) is 18.6. The highest BCUT2D eigenvalue weighted by Crippen LogP contribution is 2.24. The van der Waals surface area contributed by atoms with E-state index in [-0.39, 0.29) is 11.9 Å². The highest BCUT2D eigenvalue weighted by molar-refractivity contribution is 9.10. The maximum atomic E-state index is 13.5. The lowest BCUT2D eigenvalue weighted by atomic mass is 9.99. The molecule has 0 spiro atoms. The van der Waals surface area contributed by atoms with Gasteiger partial charge < -0.3 is 5.32 Å². The molecule has 3 heteroatoms. The maximum absolute atomic E-state index is 13.5. The average Bonchev–Trinajstić information content (AvgIpc) is 2.44. The van der Waals surface area contributed by atoms with E-state index in [9.17, 15) is 4.39 Å². The number of unbranched alkanes of at least 4 members (excludes halogenated alkanes) is 7. The van der Waals surface area contributed by atoms with Gasteiger partial charge in [-0.3, -0.25) is 0 Å². The monoisotopic (exact) mass is 357 g/mol. The van der Waals surface area contributed by atoms with Crippen molar-refractivity contribution in [2.45, 2.75) is 70.8 Å². The Balaban J connectivity index is 2.25. The van der Waals surface area contributed by atoms with Crippen molar-refractivity contribution >= 4 is 15.9 Å². The van der Waals surface area contributed by atoms with Crippen LogP contribution in [0.25, 0.3) is 0 Å². The van der Waals surface area contributed by atoms with E-state index in [0.717, 1.165) is 16.5 Å². The molecule has 21 heavy (non-hydrogen) atoms. The molecule has 0 saturated heterocycles. The summed E-state index contributed by atoms with van der Waals surface area (Å²) in [6.07, 6.45) is 11.7. The summed E-state index contributed by atoms with van der Waals surface area (Å²) < 4.78 is 14.3. The van der Waals surface area contributed by atoms with Crippen LogP contribution in [0.2, 0.25) is 0 Å². The number of halogens is 2. The summed E-state index contributed by atoms with van der Waals surface area (Å²) in [5, 5.41) is 3.30. The molecule has 0 radical (unpaired) electrons. The molecule has 0 amide bonds. The first-order chi connectivity index (χ1) is 10.2. The largest absolute Gasteiger partial charge is 0.313 e. The Kier molecular flexibility index (Phi) is 9.94. The Morgan fingerprint density at radius 1 is 1.00 bits per heavy atom. The maximum Gasteiger partial charge on any atom is 0.124 e. The van der Waals surface area contributed by atoms with Crippen LogP contribution in [0.1, 0.15) is 76.3 Å². The minimum Gasteiger partial charge on any atom is -0.313 e. The Bertz CT molecular complexity index is 375. The van der Waals surface area contributed by atoms with Crippen molar-refractivity contribution in [3.63, 3.8) is 0 Å². The third-order valence-electron chi connectivity index (χ3n) is 3.98. The molecule has 120 valence electrons. The molecular weight excluding hydrogens is 329 g/mol. The van der Waals surface area contributed by atoms with E-state index >= 15 is 0 Å². The van der Waals surface area contributed by atoms with Crippen LogP contribution in [0.3, 0.4) is 0 Å². The van der Waals surface area contributed by atoms with Crippen molar-refractivity contribution in [3.8, 4) is 0 Å². The summed E-state index contributed by atoms with van der Waals surface area (Å²) in [5.74, 6) is -0.171. The molecule has 0 fully saturated rings. The molecule has 1 nitrogen and oxygen atoms in total. The molecule has 0 bridgehead atoms. The topological polar surface area (TPSA) is 12.0 Å². The first-order valence-corrected chi connectivity index (χ1v) is 9.10. The Labute approximate surface area is 137 Å². The summed E-state index contributed by atoms with van der Waals surface area (Å²) in [6.45, 7) is 2.25. The fourth-order valence-corrected chi connectivity index (χ4v) is 3.22. The van der Waals surface area contributed by atoms with Gasteiger partial charge in [-0.25, -0.2) is 4.39 Å². The molecule has 1 aromatic rings. The van der Waals surface area contributed by atoms with Crippen LogP contribution in [0.4, 0.5) is 4.39 Å². The molecule has 0 aliphatic carbocycles. The molecule has 1 N–H and O–H groups in total. The number of benzene rings is 1. The van der Waals surface area contributed by atoms with Crippen LogP contribution in [-0.4, -0.2) is 7.05 Å². The van der Waals surface area contributed by atoms with Gasteiger partial charge in [-0.1, -0.05) is 74.2 Å². The summed E-state index contributed by atoms with van der Waals surface area (Å²) in [4.78, 5) is 0. The SMILES string of the molecule is CCCCCCCCCCC(NC)c1cc(F)cc(Br)c1. The second kappa shape index (κ2) is 11.2. The Hall–Kier alpha value is -0.410. The predicted octanol–water partition coefficient (Wildman–Crippen LogP) is 6.38. The zero-order valence-electron chi connectivity index (χ0n) is 13.4. The summed E-state index contributed by atoms with van der Waals surface area (Å²) in [5.41, 5.74) is 1.03. The summed E-state index contributed by atoms with van der Waals surface area (Å²) in [7, 11) is 1.95. The molecule has 1 atom stereocenters. The molecular formula is C18H29BrFN. The van der Waals surface area contributed by atoms with Crippen molar-refractivity contribution in [1.82, 2.24) is 5.32 Å². The van der Waals surface area contributed by atoms with Crippen LogP contribution in [-0.2, 0) is 0 Å². The van der Waals surface area contributed by atoms with Gasteiger partial charge in [-0.2, -0.15) is 0 Å². The fraction of sp³-hybridized carbons (Fsp3) is 0.667. The average molecular weight is 358 g/mol. The second-order valence-corrected chi connectivity index (χ2v) is 6.72. The standard InChI is InChI=1S/C18H29BrFN/c1-3-4-5-6-7-8-9-10-11-18(21-2)15-12-16(19)14-17(20)13-15/h12-14,18,21H,3-11H2,1-2H3. The van der Waals surface area contributed by atoms with Gasteiger partial charge in [0, 0.05) is 10.5 Å². The van der Waals surface area contributed by atoms with Crippen molar-refractivity contribution in [1.29, 1.82) is 0 Å². The van der Waals surface area contributed by atoms with E-state index in [1.165, 1.54) is 57.4 Å². The van der Waals surface area contributed by atoms with E-state index in [1.807, 2.05) is 13.1 Å². The highest BCUT2D eigenvalue weighted by atomic mass is 79.9. The van der Waals surface area contributed by atoms with Crippen LogP contribution < -0.4 is 5.32 Å². The van der Waals surface area contributed by atoms with E-state index in [1.54, 1.807) is 6.07 Å². The fourth-order valence-electron chi connectivity index (χ4n) is 2.74. The van der Waals surface area contributed by atoms with Crippen molar-refractivity contribution in [2.75, 3.05) is 7.05 Å². The lowest BCUT2D eigenvalue weighted by molar-refractivity contribution is 0.491. The lowest BCUT2D eigenvalue weighted by Crippen LogP contribution is -2.16. The minimum atomic E-state index is -0.171. The Morgan fingerprint density at radius 2 is 1.62 bits per heavy atom. The molecule has 0 aliphatic rings. The van der Waals surface area contributed by atoms with Gasteiger partial charge in [-0.05, 0) is 37.2 Å². The van der Waals surface area contributed by atoms with Gasteiger partial charge >= 0.3 is 0 Å². The molecule has 1 rings (SSSR count). The first-order valence-electron chi connectivity index (χ1n) is 8.30. The van der Waals surface area contributed by atoms with E-state index in [0.29, 0.717) is 0 Å². The van der Waals surface area contributed by atoms with Gasteiger partial charge in [0.1, 0.15) is 5.82 Å². The zero-order chi connectivity index (χ0) is 15.5. The number of rotatable bonds is 11. The third kappa shape index (κ3) is 7.96. The zero-order valence-corrected chi connectivity index (χ0v) is 15.0. The van der Waals surface area contributed by atoms with Crippen molar-refractivity contribution < 1.29 is 4.39 Å². The second-order valence-electron chi connectivity index (χ2n) is 5.81. The van der Waals surface area contributed by atoms with Gasteiger partial charge in [0.15, 0.2) is 0 Å². The van der Waals surface area contributed by atoms with Crippen LogP contribution >= 0.6 is 15.9 Å². The van der Waals surface area contributed by atoms with Gasteiger partial charge in [0.2, 0.25) is 0 Å². The predicted molar refractivity (Wildman–Crippen MR) is 93.1 cm³/mol. The molecule has 0 aliphatic heterocycles. The Morgan fingerprint density at radius 3 is 2.19 bits per heavy atom. The smallest absolute Gasteiger partial charge is 0.124 e. The van der Waals surface area contributed by atoms with Crippen molar-refractivity contribution in [3.05, 3.63) is 34.1 Å². The van der Waals surface area contributed by atoms with Crippen LogP contribution in [0.5, 0.6) is 0 Å². The molecule has 0 heterocycles. The number of hydrogen-bond acceptors (Lipinski definition) is 1. The number of hydrogen-bond donors (Lipinski definition) is 1. The molecule has 1 unspecified atom stereocenters. The van der Waals surface area contributed by atoms with Gasteiger partial charge in [0.05, 0.1) is 0 Å². The number of nitrogens with one attached hydrogen (secondary N) is 1. The van der Waals surface area contributed by atoms with E-state index in [4.69, 9.17) is 0 Å². The third-order valence-corrected chi connectivity index (χ3v) is 4.44. The summed E-state index contributed by atoms with van der Waals surface area (Å²) >= 11 is 3.37. The van der Waals surface area contributed by atoms with Gasteiger partial charge in [0.25, 0.3) is 0 Å². The highest BCUT2D eigenvalue weighted by Gasteiger charge is 2.10. The van der Waals surface area contributed by atoms with E-state index < -0.39 is 0 Å². The van der Waals surface area contributed by atoms with E-state index in [2.05, 4.69) is 28.2 Å².